The quantitative estimate of drug-likeness (QED) is 0.861. The standard InChI is InChI=1S/C14H16F3NO2/c1-13-7-18-5-12(13)9-3-8(19-2)4-11(14(15,16)17)10(9)6-20-13/h3-4,12,18H,5-7H2,1-2H3. The van der Waals surface area contributed by atoms with E-state index in [2.05, 4.69) is 5.32 Å². The molecule has 3 nitrogen and oxygen atoms in total. The van der Waals surface area contributed by atoms with Gasteiger partial charge >= 0.3 is 6.18 Å². The van der Waals surface area contributed by atoms with Gasteiger partial charge in [0.15, 0.2) is 0 Å². The van der Waals surface area contributed by atoms with Crippen LogP contribution in [0.1, 0.15) is 29.5 Å². The van der Waals surface area contributed by atoms with Crippen molar-refractivity contribution in [3.63, 3.8) is 0 Å². The molecule has 0 aromatic heterocycles. The number of alkyl halides is 3. The van der Waals surface area contributed by atoms with Gasteiger partial charge < -0.3 is 14.8 Å². The number of benzene rings is 1. The summed E-state index contributed by atoms with van der Waals surface area (Å²) in [6, 6.07) is 2.76. The number of fused-ring (bicyclic) bond motifs is 3. The fourth-order valence-electron chi connectivity index (χ4n) is 3.14. The van der Waals surface area contributed by atoms with Crippen LogP contribution < -0.4 is 10.1 Å². The van der Waals surface area contributed by atoms with E-state index in [0.717, 1.165) is 6.07 Å². The molecule has 20 heavy (non-hydrogen) atoms. The lowest BCUT2D eigenvalue weighted by molar-refractivity contribution is -0.141. The van der Waals surface area contributed by atoms with Crippen molar-refractivity contribution in [3.05, 3.63) is 28.8 Å². The SMILES string of the molecule is COc1cc2c(c(C(F)(F)F)c1)COC1(C)CNCC21. The molecule has 0 bridgehead atoms. The lowest BCUT2D eigenvalue weighted by Gasteiger charge is -2.38. The van der Waals surface area contributed by atoms with E-state index in [0.29, 0.717) is 18.7 Å². The van der Waals surface area contributed by atoms with E-state index in [-0.39, 0.29) is 23.8 Å². The van der Waals surface area contributed by atoms with Crippen molar-refractivity contribution in [2.24, 2.45) is 0 Å². The van der Waals surface area contributed by atoms with E-state index in [1.165, 1.54) is 7.11 Å². The van der Waals surface area contributed by atoms with Gasteiger partial charge in [0.2, 0.25) is 0 Å². The topological polar surface area (TPSA) is 30.5 Å². The van der Waals surface area contributed by atoms with Crippen molar-refractivity contribution in [2.45, 2.75) is 31.2 Å². The van der Waals surface area contributed by atoms with E-state index < -0.39 is 17.3 Å². The minimum atomic E-state index is -4.40. The second-order valence-corrected chi connectivity index (χ2v) is 5.53. The van der Waals surface area contributed by atoms with Gasteiger partial charge in [-0.1, -0.05) is 0 Å². The van der Waals surface area contributed by atoms with Crippen LogP contribution in [0.2, 0.25) is 0 Å². The Balaban J connectivity index is 2.18. The van der Waals surface area contributed by atoms with E-state index >= 15 is 0 Å². The predicted octanol–water partition coefficient (Wildman–Crippen LogP) is 2.69. The molecule has 1 fully saturated rings. The Morgan fingerprint density at radius 1 is 1.40 bits per heavy atom. The Labute approximate surface area is 115 Å². The molecule has 1 aromatic carbocycles. The Morgan fingerprint density at radius 2 is 2.15 bits per heavy atom. The second kappa shape index (κ2) is 4.36. The Kier molecular flexibility index (Phi) is 2.99. The molecule has 2 aliphatic rings. The van der Waals surface area contributed by atoms with Gasteiger partial charge in [0.05, 0.1) is 24.9 Å². The molecule has 0 aliphatic carbocycles. The summed E-state index contributed by atoms with van der Waals surface area (Å²) in [4.78, 5) is 0. The maximum Gasteiger partial charge on any atom is 0.416 e. The number of hydrogen-bond acceptors (Lipinski definition) is 3. The van der Waals surface area contributed by atoms with Crippen molar-refractivity contribution in [2.75, 3.05) is 20.2 Å². The first-order chi connectivity index (χ1) is 9.35. The van der Waals surface area contributed by atoms with Crippen molar-refractivity contribution < 1.29 is 22.6 Å². The monoisotopic (exact) mass is 287 g/mol. The zero-order valence-electron chi connectivity index (χ0n) is 11.3. The largest absolute Gasteiger partial charge is 0.497 e. The van der Waals surface area contributed by atoms with Gasteiger partial charge in [-0.15, -0.1) is 0 Å². The van der Waals surface area contributed by atoms with Crippen LogP contribution in [0.5, 0.6) is 5.75 Å². The van der Waals surface area contributed by atoms with E-state index in [1.54, 1.807) is 6.07 Å². The van der Waals surface area contributed by atoms with Crippen LogP contribution in [-0.2, 0) is 17.5 Å². The molecule has 6 heteroatoms. The molecule has 2 aliphatic heterocycles. The first-order valence-corrected chi connectivity index (χ1v) is 6.48. The average Bonchev–Trinajstić information content (AvgIpc) is 2.78. The fourth-order valence-corrected chi connectivity index (χ4v) is 3.14. The molecule has 1 aromatic rings. The molecule has 2 heterocycles. The molecule has 2 atom stereocenters. The second-order valence-electron chi connectivity index (χ2n) is 5.53. The molecule has 1 N–H and O–H groups in total. The number of ether oxygens (including phenoxy) is 2. The molecule has 0 amide bonds. The van der Waals surface area contributed by atoms with Crippen LogP contribution in [0.15, 0.2) is 12.1 Å². The molecule has 0 radical (unpaired) electrons. The Morgan fingerprint density at radius 3 is 2.80 bits per heavy atom. The van der Waals surface area contributed by atoms with Crippen LogP contribution >= 0.6 is 0 Å². The van der Waals surface area contributed by atoms with Gasteiger partial charge in [0, 0.05) is 19.0 Å². The minimum absolute atomic E-state index is 0.0111. The van der Waals surface area contributed by atoms with E-state index in [4.69, 9.17) is 9.47 Å². The highest BCUT2D eigenvalue weighted by Crippen LogP contribution is 2.46. The maximum atomic E-state index is 13.2. The average molecular weight is 287 g/mol. The summed E-state index contributed by atoms with van der Waals surface area (Å²) in [7, 11) is 1.38. The summed E-state index contributed by atoms with van der Waals surface area (Å²) in [6.07, 6.45) is -4.40. The minimum Gasteiger partial charge on any atom is -0.497 e. The molecular formula is C14H16F3NO2. The van der Waals surface area contributed by atoms with E-state index in [9.17, 15) is 13.2 Å². The van der Waals surface area contributed by atoms with Crippen molar-refractivity contribution in [1.82, 2.24) is 5.32 Å². The summed E-state index contributed by atoms with van der Waals surface area (Å²) in [5.41, 5.74) is -0.164. The van der Waals surface area contributed by atoms with Crippen molar-refractivity contribution in [3.8, 4) is 5.75 Å². The van der Waals surface area contributed by atoms with Crippen LogP contribution in [-0.4, -0.2) is 25.8 Å². The highest BCUT2D eigenvalue weighted by molar-refractivity contribution is 5.48. The summed E-state index contributed by atoms with van der Waals surface area (Å²) in [5, 5.41) is 3.19. The predicted molar refractivity (Wildman–Crippen MR) is 66.8 cm³/mol. The third kappa shape index (κ3) is 1.98. The molecule has 110 valence electrons. The highest BCUT2D eigenvalue weighted by Gasteiger charge is 2.47. The molecule has 0 saturated carbocycles. The van der Waals surface area contributed by atoms with Gasteiger partial charge in [-0.3, -0.25) is 0 Å². The summed E-state index contributed by atoms with van der Waals surface area (Å²) < 4.78 is 50.4. The van der Waals surface area contributed by atoms with Crippen LogP contribution in [0.3, 0.4) is 0 Å². The molecule has 1 saturated heterocycles. The lowest BCUT2D eigenvalue weighted by atomic mass is 9.80. The first kappa shape index (κ1) is 13.7. The van der Waals surface area contributed by atoms with Crippen molar-refractivity contribution in [1.29, 1.82) is 0 Å². The van der Waals surface area contributed by atoms with Crippen LogP contribution in [0.25, 0.3) is 0 Å². The molecular weight excluding hydrogens is 271 g/mol. The number of halogens is 3. The summed E-state index contributed by atoms with van der Waals surface area (Å²) >= 11 is 0. The highest BCUT2D eigenvalue weighted by atomic mass is 19.4. The Hall–Kier alpha value is -1.27. The van der Waals surface area contributed by atoms with Gasteiger partial charge in [-0.05, 0) is 30.2 Å². The third-order valence-corrected chi connectivity index (χ3v) is 4.28. The number of methoxy groups -OCH3 is 1. The third-order valence-electron chi connectivity index (χ3n) is 4.28. The van der Waals surface area contributed by atoms with Gasteiger partial charge in [0.25, 0.3) is 0 Å². The zero-order valence-corrected chi connectivity index (χ0v) is 11.3. The number of rotatable bonds is 1. The molecule has 0 spiro atoms. The van der Waals surface area contributed by atoms with Gasteiger partial charge in [0.1, 0.15) is 5.75 Å². The Bertz CT molecular complexity index is 544. The normalized spacial score (nSPS) is 28.9. The summed E-state index contributed by atoms with van der Waals surface area (Å²) in [6.45, 7) is 3.19. The van der Waals surface area contributed by atoms with Crippen molar-refractivity contribution >= 4 is 0 Å². The van der Waals surface area contributed by atoms with Crippen LogP contribution in [0, 0.1) is 0 Å². The maximum absolute atomic E-state index is 13.2. The number of nitrogens with one attached hydrogen (secondary N) is 1. The summed E-state index contributed by atoms with van der Waals surface area (Å²) in [5.74, 6) is 0.162. The van der Waals surface area contributed by atoms with Gasteiger partial charge in [-0.25, -0.2) is 0 Å². The lowest BCUT2D eigenvalue weighted by Crippen LogP contribution is -2.40. The zero-order chi connectivity index (χ0) is 14.5. The first-order valence-electron chi connectivity index (χ1n) is 6.48. The smallest absolute Gasteiger partial charge is 0.416 e. The molecule has 2 unspecified atom stereocenters. The molecule has 3 rings (SSSR count). The van der Waals surface area contributed by atoms with E-state index in [1.807, 2.05) is 6.92 Å². The number of hydrogen-bond donors (Lipinski definition) is 1. The van der Waals surface area contributed by atoms with Crippen LogP contribution in [0.4, 0.5) is 13.2 Å². The van der Waals surface area contributed by atoms with Gasteiger partial charge in [-0.2, -0.15) is 13.2 Å². The fraction of sp³-hybridized carbons (Fsp3) is 0.571.